The van der Waals surface area contributed by atoms with Crippen LogP contribution in [0.1, 0.15) is 24.8 Å². The van der Waals surface area contributed by atoms with E-state index in [0.717, 1.165) is 18.4 Å². The number of rotatable bonds is 8. The lowest BCUT2D eigenvalue weighted by Crippen LogP contribution is -2.44. The third-order valence-electron chi connectivity index (χ3n) is 5.08. The van der Waals surface area contributed by atoms with E-state index >= 15 is 0 Å². The average molecular weight is 436 g/mol. The summed E-state index contributed by atoms with van der Waals surface area (Å²) in [4.78, 5) is 14.7. The number of benzene rings is 2. The molecule has 0 spiro atoms. The average Bonchev–Trinajstić information content (AvgIpc) is 3.16. The van der Waals surface area contributed by atoms with Crippen LogP contribution in [0, 0.1) is 0 Å². The Morgan fingerprint density at radius 3 is 2.69 bits per heavy atom. The molecule has 0 radical (unpaired) electrons. The Balaban J connectivity index is 1.55. The predicted molar refractivity (Wildman–Crippen MR) is 114 cm³/mol. The fraction of sp³-hybridized carbons (Fsp3) is 0.381. The lowest BCUT2D eigenvalue weighted by Gasteiger charge is -2.26. The second-order valence-corrected chi connectivity index (χ2v) is 9.55. The number of hydrogen-bond donors (Lipinski definition) is 2. The van der Waals surface area contributed by atoms with Crippen LogP contribution in [0.2, 0.25) is 5.02 Å². The van der Waals surface area contributed by atoms with Gasteiger partial charge in [0.1, 0.15) is 0 Å². The number of likely N-dealkylation sites (tertiary alicyclic amines) is 1. The molecule has 0 bridgehead atoms. The number of carbonyl (C=O) groups excluding carboxylic acids is 1. The van der Waals surface area contributed by atoms with E-state index in [9.17, 15) is 13.2 Å². The summed E-state index contributed by atoms with van der Waals surface area (Å²) in [7, 11) is -3.59. The van der Waals surface area contributed by atoms with Crippen LogP contribution in [0.4, 0.5) is 0 Å². The van der Waals surface area contributed by atoms with Crippen molar-refractivity contribution < 1.29 is 13.2 Å². The van der Waals surface area contributed by atoms with Crippen molar-refractivity contribution in [3.63, 3.8) is 0 Å². The molecule has 0 aliphatic carbocycles. The molecule has 6 nitrogen and oxygen atoms in total. The highest BCUT2D eigenvalue weighted by Gasteiger charge is 2.30. The first-order valence-electron chi connectivity index (χ1n) is 9.69. The van der Waals surface area contributed by atoms with E-state index in [1.165, 1.54) is 0 Å². The standard InChI is InChI=1S/C21H26ClN3O3S/c22-17-7-4-6-16(12-17)13-18(23)14-21(26)25-11-5-8-19(25)15-24-29(27,28)20-9-2-1-3-10-20/h1-4,6-7,9-10,12,18-19,24H,5,8,11,13-15,23H2/t18?,19-/m0/s1. The Kier molecular flexibility index (Phi) is 7.29. The third-order valence-corrected chi connectivity index (χ3v) is 6.76. The first kappa shape index (κ1) is 21.8. The van der Waals surface area contributed by atoms with E-state index in [1.807, 2.05) is 18.2 Å². The van der Waals surface area contributed by atoms with Gasteiger partial charge in [-0.25, -0.2) is 13.1 Å². The van der Waals surface area contributed by atoms with Crippen molar-refractivity contribution >= 4 is 27.5 Å². The van der Waals surface area contributed by atoms with Crippen molar-refractivity contribution in [2.24, 2.45) is 5.73 Å². The monoisotopic (exact) mass is 435 g/mol. The zero-order valence-corrected chi connectivity index (χ0v) is 17.7. The van der Waals surface area contributed by atoms with Gasteiger partial charge in [0.15, 0.2) is 0 Å². The first-order valence-corrected chi connectivity index (χ1v) is 11.6. The molecule has 1 aliphatic rings. The summed E-state index contributed by atoms with van der Waals surface area (Å²) in [5.41, 5.74) is 7.18. The van der Waals surface area contributed by atoms with E-state index in [4.69, 9.17) is 17.3 Å². The second kappa shape index (κ2) is 9.71. The quantitative estimate of drug-likeness (QED) is 0.666. The fourth-order valence-corrected chi connectivity index (χ4v) is 4.95. The van der Waals surface area contributed by atoms with Gasteiger partial charge in [-0.2, -0.15) is 0 Å². The lowest BCUT2D eigenvalue weighted by molar-refractivity contribution is -0.132. The molecule has 0 saturated carbocycles. The van der Waals surface area contributed by atoms with Crippen LogP contribution in [-0.4, -0.2) is 44.4 Å². The van der Waals surface area contributed by atoms with Crippen molar-refractivity contribution in [3.8, 4) is 0 Å². The molecule has 1 aliphatic heterocycles. The highest BCUT2D eigenvalue weighted by Crippen LogP contribution is 2.20. The van der Waals surface area contributed by atoms with Gasteiger partial charge in [-0.3, -0.25) is 4.79 Å². The minimum atomic E-state index is -3.59. The summed E-state index contributed by atoms with van der Waals surface area (Å²) in [5, 5.41) is 0.645. The summed E-state index contributed by atoms with van der Waals surface area (Å²) in [6.07, 6.45) is 2.40. The molecule has 156 valence electrons. The van der Waals surface area contributed by atoms with Gasteiger partial charge < -0.3 is 10.6 Å². The van der Waals surface area contributed by atoms with Crippen LogP contribution >= 0.6 is 11.6 Å². The molecule has 1 heterocycles. The van der Waals surface area contributed by atoms with Crippen LogP contribution in [-0.2, 0) is 21.2 Å². The Hall–Kier alpha value is -1.93. The molecule has 1 saturated heterocycles. The maximum atomic E-state index is 12.8. The highest BCUT2D eigenvalue weighted by molar-refractivity contribution is 7.89. The van der Waals surface area contributed by atoms with Crippen molar-refractivity contribution in [2.45, 2.75) is 42.7 Å². The Labute approximate surface area is 177 Å². The number of hydrogen-bond acceptors (Lipinski definition) is 4. The smallest absolute Gasteiger partial charge is 0.240 e. The molecule has 29 heavy (non-hydrogen) atoms. The minimum absolute atomic E-state index is 0.0408. The van der Waals surface area contributed by atoms with Crippen LogP contribution < -0.4 is 10.5 Å². The van der Waals surface area contributed by atoms with Crippen molar-refractivity contribution in [1.29, 1.82) is 0 Å². The number of nitrogens with two attached hydrogens (primary N) is 1. The molecule has 8 heteroatoms. The fourth-order valence-electron chi connectivity index (χ4n) is 3.65. The van der Waals surface area contributed by atoms with Crippen molar-refractivity contribution in [3.05, 3.63) is 65.2 Å². The SMILES string of the molecule is NC(CC(=O)N1CCC[C@H]1CNS(=O)(=O)c1ccccc1)Cc1cccc(Cl)c1. The zero-order chi connectivity index (χ0) is 20.9. The van der Waals surface area contributed by atoms with Gasteiger partial charge in [0.25, 0.3) is 0 Å². The Morgan fingerprint density at radius 2 is 1.97 bits per heavy atom. The van der Waals surface area contributed by atoms with E-state index in [0.29, 0.717) is 18.0 Å². The number of sulfonamides is 1. The van der Waals surface area contributed by atoms with E-state index < -0.39 is 10.0 Å². The Bertz CT molecular complexity index is 937. The summed E-state index contributed by atoms with van der Waals surface area (Å²) >= 11 is 6.00. The predicted octanol–water partition coefficient (Wildman–Crippen LogP) is 2.57. The summed E-state index contributed by atoms with van der Waals surface area (Å²) < 4.78 is 27.5. The molecule has 3 rings (SSSR count). The first-order chi connectivity index (χ1) is 13.8. The second-order valence-electron chi connectivity index (χ2n) is 7.35. The van der Waals surface area contributed by atoms with E-state index in [1.54, 1.807) is 41.3 Å². The van der Waals surface area contributed by atoms with Gasteiger partial charge in [-0.05, 0) is 49.1 Å². The van der Waals surface area contributed by atoms with Crippen LogP contribution in [0.15, 0.2) is 59.5 Å². The van der Waals surface area contributed by atoms with E-state index in [2.05, 4.69) is 4.72 Å². The maximum absolute atomic E-state index is 12.8. The number of carbonyl (C=O) groups is 1. The molecule has 3 N–H and O–H groups in total. The summed E-state index contributed by atoms with van der Waals surface area (Å²) in [5.74, 6) is -0.0408. The molecule has 1 unspecified atom stereocenters. The zero-order valence-electron chi connectivity index (χ0n) is 16.1. The molecule has 2 aromatic rings. The van der Waals surface area contributed by atoms with E-state index in [-0.39, 0.29) is 35.9 Å². The topological polar surface area (TPSA) is 92.5 Å². The van der Waals surface area contributed by atoms with Gasteiger partial charge in [-0.15, -0.1) is 0 Å². The van der Waals surface area contributed by atoms with Gasteiger partial charge in [-0.1, -0.05) is 41.9 Å². The van der Waals surface area contributed by atoms with Crippen molar-refractivity contribution in [1.82, 2.24) is 9.62 Å². The van der Waals surface area contributed by atoms with Gasteiger partial charge in [0.2, 0.25) is 15.9 Å². The molecule has 1 amide bonds. The number of halogens is 1. The minimum Gasteiger partial charge on any atom is -0.338 e. The molecule has 2 atom stereocenters. The Morgan fingerprint density at radius 1 is 1.21 bits per heavy atom. The number of amides is 1. The number of nitrogens with zero attached hydrogens (tertiary/aromatic N) is 1. The van der Waals surface area contributed by atoms with Crippen LogP contribution in [0.5, 0.6) is 0 Å². The third kappa shape index (κ3) is 6.02. The molecule has 0 aromatic heterocycles. The molecular weight excluding hydrogens is 410 g/mol. The van der Waals surface area contributed by atoms with Gasteiger partial charge in [0.05, 0.1) is 4.90 Å². The maximum Gasteiger partial charge on any atom is 0.240 e. The largest absolute Gasteiger partial charge is 0.338 e. The molecular formula is C21H26ClN3O3S. The van der Waals surface area contributed by atoms with Crippen LogP contribution in [0.25, 0.3) is 0 Å². The molecule has 1 fully saturated rings. The summed E-state index contributed by atoms with van der Waals surface area (Å²) in [6, 6.07) is 15.2. The van der Waals surface area contributed by atoms with Crippen LogP contribution in [0.3, 0.4) is 0 Å². The van der Waals surface area contributed by atoms with Crippen molar-refractivity contribution in [2.75, 3.05) is 13.1 Å². The van der Waals surface area contributed by atoms with Gasteiger partial charge in [0, 0.05) is 36.6 Å². The van der Waals surface area contributed by atoms with Gasteiger partial charge >= 0.3 is 0 Å². The lowest BCUT2D eigenvalue weighted by atomic mass is 10.0. The molecule has 2 aromatic carbocycles. The number of nitrogens with one attached hydrogen (secondary N) is 1. The summed E-state index contributed by atoms with van der Waals surface area (Å²) in [6.45, 7) is 0.826. The normalized spacial score (nSPS) is 18.0. The highest BCUT2D eigenvalue weighted by atomic mass is 35.5.